The zero-order valence-electron chi connectivity index (χ0n) is 12.0. The van der Waals surface area contributed by atoms with Crippen molar-refractivity contribution in [2.24, 2.45) is 5.41 Å². The second-order valence-corrected chi connectivity index (χ2v) is 7.26. The Labute approximate surface area is 129 Å². The number of fused-ring (bicyclic) bond motifs is 1. The summed E-state index contributed by atoms with van der Waals surface area (Å²) in [6.45, 7) is 7.77. The molecular formula is C15H20ClN3S. The van der Waals surface area contributed by atoms with Crippen LogP contribution in [0.5, 0.6) is 0 Å². The van der Waals surface area contributed by atoms with E-state index >= 15 is 0 Å². The first-order valence-corrected chi connectivity index (χ1v) is 8.47. The van der Waals surface area contributed by atoms with Crippen LogP contribution in [0.4, 0.5) is 0 Å². The van der Waals surface area contributed by atoms with E-state index in [-0.39, 0.29) is 0 Å². The fourth-order valence-corrected chi connectivity index (χ4v) is 3.82. The molecular weight excluding hydrogens is 290 g/mol. The van der Waals surface area contributed by atoms with Crippen molar-refractivity contribution in [3.8, 4) is 0 Å². The van der Waals surface area contributed by atoms with E-state index in [4.69, 9.17) is 11.6 Å². The molecule has 3 heterocycles. The van der Waals surface area contributed by atoms with Crippen molar-refractivity contribution in [1.29, 1.82) is 0 Å². The molecule has 0 aliphatic carbocycles. The molecule has 1 fully saturated rings. The lowest BCUT2D eigenvalue weighted by molar-refractivity contribution is 0.108. The average molecular weight is 310 g/mol. The predicted octanol–water partition coefficient (Wildman–Crippen LogP) is 4.36. The van der Waals surface area contributed by atoms with Crippen molar-refractivity contribution in [2.75, 3.05) is 13.1 Å². The van der Waals surface area contributed by atoms with E-state index in [1.165, 1.54) is 19.3 Å². The first kappa shape index (κ1) is 14.2. The van der Waals surface area contributed by atoms with Crippen molar-refractivity contribution in [1.82, 2.24) is 14.9 Å². The summed E-state index contributed by atoms with van der Waals surface area (Å²) in [5.74, 6) is 0.852. The van der Waals surface area contributed by atoms with Crippen molar-refractivity contribution in [2.45, 2.75) is 39.7 Å². The van der Waals surface area contributed by atoms with Crippen molar-refractivity contribution < 1.29 is 0 Å². The third-order valence-corrected chi connectivity index (χ3v) is 5.70. The van der Waals surface area contributed by atoms with Gasteiger partial charge in [0.1, 0.15) is 15.8 Å². The Bertz CT molecular complexity index is 602. The molecule has 0 saturated carbocycles. The molecule has 0 N–H and O–H groups in total. The molecule has 2 aromatic heterocycles. The van der Waals surface area contributed by atoms with E-state index in [9.17, 15) is 0 Å². The average Bonchev–Trinajstić information content (AvgIpc) is 2.91. The highest BCUT2D eigenvalue weighted by Crippen LogP contribution is 2.34. The van der Waals surface area contributed by atoms with Gasteiger partial charge in [0.2, 0.25) is 0 Å². The number of likely N-dealkylation sites (tertiary alicyclic amines) is 1. The number of nitrogens with zero attached hydrogens (tertiary/aromatic N) is 3. The Balaban J connectivity index is 1.71. The van der Waals surface area contributed by atoms with Gasteiger partial charge in [-0.25, -0.2) is 9.97 Å². The summed E-state index contributed by atoms with van der Waals surface area (Å²) in [5, 5.41) is 3.57. The topological polar surface area (TPSA) is 29.0 Å². The van der Waals surface area contributed by atoms with E-state index in [2.05, 4.69) is 28.7 Å². The van der Waals surface area contributed by atoms with E-state index < -0.39 is 0 Å². The molecule has 0 atom stereocenters. The zero-order valence-corrected chi connectivity index (χ0v) is 13.6. The molecule has 0 bridgehead atoms. The van der Waals surface area contributed by atoms with Gasteiger partial charge in [-0.2, -0.15) is 0 Å². The molecule has 1 saturated heterocycles. The maximum absolute atomic E-state index is 6.23. The highest BCUT2D eigenvalue weighted by atomic mass is 35.5. The smallest absolute Gasteiger partial charge is 0.145 e. The van der Waals surface area contributed by atoms with Gasteiger partial charge in [0.15, 0.2) is 0 Å². The van der Waals surface area contributed by atoms with Crippen LogP contribution < -0.4 is 0 Å². The van der Waals surface area contributed by atoms with Gasteiger partial charge in [-0.3, -0.25) is 4.90 Å². The Morgan fingerprint density at radius 3 is 2.80 bits per heavy atom. The number of aromatic nitrogens is 2. The predicted molar refractivity (Wildman–Crippen MR) is 85.3 cm³/mol. The zero-order chi connectivity index (χ0) is 14.2. The lowest BCUT2D eigenvalue weighted by Gasteiger charge is -2.38. The summed E-state index contributed by atoms with van der Waals surface area (Å²) in [6, 6.07) is 1.99. The first-order valence-electron chi connectivity index (χ1n) is 7.22. The molecule has 5 heteroatoms. The standard InChI is InChI=1S/C15H20ClN3S/c1-3-15(2)5-7-19(8-6-15)10-12-17-13(16)11-4-9-20-14(11)18-12/h4,9H,3,5-8,10H2,1-2H3. The monoisotopic (exact) mass is 309 g/mol. The van der Waals surface area contributed by atoms with Gasteiger partial charge in [0.05, 0.1) is 6.54 Å². The fraction of sp³-hybridized carbons (Fsp3) is 0.600. The summed E-state index contributed by atoms with van der Waals surface area (Å²) in [5.41, 5.74) is 0.521. The Morgan fingerprint density at radius 2 is 2.10 bits per heavy atom. The summed E-state index contributed by atoms with van der Waals surface area (Å²) in [6.07, 6.45) is 3.79. The lowest BCUT2D eigenvalue weighted by Crippen LogP contribution is -2.38. The number of halogens is 1. The molecule has 1 aliphatic rings. The minimum absolute atomic E-state index is 0.521. The molecule has 0 unspecified atom stereocenters. The fourth-order valence-electron chi connectivity index (χ4n) is 2.74. The maximum atomic E-state index is 6.23. The van der Waals surface area contributed by atoms with Gasteiger partial charge >= 0.3 is 0 Å². The Kier molecular flexibility index (Phi) is 3.98. The Hall–Kier alpha value is -0.710. The summed E-state index contributed by atoms with van der Waals surface area (Å²) >= 11 is 7.85. The SMILES string of the molecule is CCC1(C)CCN(Cc2nc(Cl)c3ccsc3n2)CC1. The van der Waals surface area contributed by atoms with E-state index in [0.717, 1.165) is 35.7 Å². The molecule has 2 aromatic rings. The number of hydrogen-bond acceptors (Lipinski definition) is 4. The van der Waals surface area contributed by atoms with Crippen LogP contribution in [-0.2, 0) is 6.54 Å². The number of hydrogen-bond donors (Lipinski definition) is 0. The molecule has 0 amide bonds. The summed E-state index contributed by atoms with van der Waals surface area (Å²) in [4.78, 5) is 12.5. The first-order chi connectivity index (χ1) is 9.59. The largest absolute Gasteiger partial charge is 0.296 e. The molecule has 0 spiro atoms. The van der Waals surface area contributed by atoms with Crippen LogP contribution in [0.15, 0.2) is 11.4 Å². The molecule has 3 rings (SSSR count). The van der Waals surface area contributed by atoms with E-state index in [0.29, 0.717) is 10.6 Å². The summed E-state index contributed by atoms with van der Waals surface area (Å²) < 4.78 is 0. The van der Waals surface area contributed by atoms with Gasteiger partial charge in [0.25, 0.3) is 0 Å². The van der Waals surface area contributed by atoms with Crippen LogP contribution in [0.2, 0.25) is 5.15 Å². The quantitative estimate of drug-likeness (QED) is 0.789. The van der Waals surface area contributed by atoms with Gasteiger partial charge in [-0.05, 0) is 42.8 Å². The van der Waals surface area contributed by atoms with Gasteiger partial charge in [-0.15, -0.1) is 11.3 Å². The molecule has 20 heavy (non-hydrogen) atoms. The number of thiophene rings is 1. The lowest BCUT2D eigenvalue weighted by atomic mass is 9.78. The minimum Gasteiger partial charge on any atom is -0.296 e. The second kappa shape index (κ2) is 5.58. The van der Waals surface area contributed by atoms with E-state index in [1.807, 2.05) is 11.4 Å². The second-order valence-electron chi connectivity index (χ2n) is 6.01. The van der Waals surface area contributed by atoms with Crippen molar-refractivity contribution >= 4 is 33.2 Å². The third-order valence-electron chi connectivity index (χ3n) is 4.61. The van der Waals surface area contributed by atoms with Crippen LogP contribution in [0.25, 0.3) is 10.2 Å². The normalized spacial score (nSPS) is 19.6. The molecule has 3 nitrogen and oxygen atoms in total. The van der Waals surface area contributed by atoms with E-state index in [1.54, 1.807) is 11.3 Å². The number of piperidine rings is 1. The van der Waals surface area contributed by atoms with Crippen LogP contribution in [0, 0.1) is 5.41 Å². The highest BCUT2D eigenvalue weighted by Gasteiger charge is 2.28. The van der Waals surface area contributed by atoms with Crippen LogP contribution in [0.3, 0.4) is 0 Å². The number of rotatable bonds is 3. The van der Waals surface area contributed by atoms with Gasteiger partial charge in [0, 0.05) is 5.39 Å². The third kappa shape index (κ3) is 2.83. The summed E-state index contributed by atoms with van der Waals surface area (Å²) in [7, 11) is 0. The van der Waals surface area contributed by atoms with Crippen LogP contribution in [-0.4, -0.2) is 28.0 Å². The van der Waals surface area contributed by atoms with Crippen molar-refractivity contribution in [3.05, 3.63) is 22.4 Å². The molecule has 1 aliphatic heterocycles. The molecule has 108 valence electrons. The maximum Gasteiger partial charge on any atom is 0.145 e. The van der Waals surface area contributed by atoms with Gasteiger partial charge in [-0.1, -0.05) is 31.9 Å². The van der Waals surface area contributed by atoms with Crippen molar-refractivity contribution in [3.63, 3.8) is 0 Å². The molecule has 0 radical (unpaired) electrons. The molecule has 0 aromatic carbocycles. The Morgan fingerprint density at radius 1 is 1.35 bits per heavy atom. The highest BCUT2D eigenvalue weighted by molar-refractivity contribution is 7.16. The van der Waals surface area contributed by atoms with Crippen LogP contribution >= 0.6 is 22.9 Å². The van der Waals surface area contributed by atoms with Gasteiger partial charge < -0.3 is 0 Å². The van der Waals surface area contributed by atoms with Crippen LogP contribution in [0.1, 0.15) is 38.9 Å². The minimum atomic E-state index is 0.521.